The largest absolute Gasteiger partial charge is 0.483 e. The van der Waals surface area contributed by atoms with Crippen molar-refractivity contribution >= 4 is 70.1 Å². The molecule has 3 aromatic carbocycles. The molecule has 1 atom stereocenters. The molecule has 6 rings (SSSR count). The molecule has 60 heavy (non-hydrogen) atoms. The van der Waals surface area contributed by atoms with Crippen LogP contribution in [-0.2, 0) is 41.5 Å². The van der Waals surface area contributed by atoms with Gasteiger partial charge in [0.2, 0.25) is 17.7 Å². The molecule has 2 saturated heterocycles. The SMILES string of the molecule is CC1(C)C(=O)N(c2ccc(C#N)c(C(F)(F)F)c2F)C(=S)N1c1ccc(COCC(=O)NCCNC(=O)COc2cccc3c2C(=O)N(C2CCC(=O)NC2=O)C3=O)cc1. The zero-order valence-corrected chi connectivity index (χ0v) is 32.4. The molecule has 3 aliphatic heterocycles. The van der Waals surface area contributed by atoms with E-state index in [4.69, 9.17) is 27.0 Å². The minimum Gasteiger partial charge on any atom is -0.483 e. The average molecular weight is 852 g/mol. The second-order valence-electron chi connectivity index (χ2n) is 14.0. The van der Waals surface area contributed by atoms with Gasteiger partial charge in [-0.15, -0.1) is 0 Å². The third kappa shape index (κ3) is 8.23. The Bertz CT molecular complexity index is 2380. The maximum atomic E-state index is 15.3. The summed E-state index contributed by atoms with van der Waals surface area (Å²) >= 11 is 5.46. The molecule has 21 heteroatoms. The van der Waals surface area contributed by atoms with Crippen LogP contribution in [0.5, 0.6) is 5.75 Å². The van der Waals surface area contributed by atoms with Crippen molar-refractivity contribution in [3.8, 4) is 11.8 Å². The van der Waals surface area contributed by atoms with Crippen LogP contribution in [0.2, 0.25) is 0 Å². The fourth-order valence-corrected chi connectivity index (χ4v) is 7.32. The Morgan fingerprint density at radius 1 is 0.967 bits per heavy atom. The molecule has 3 aliphatic rings. The number of hydrogen-bond acceptors (Lipinski definition) is 11. The van der Waals surface area contributed by atoms with Gasteiger partial charge in [0.1, 0.15) is 29.5 Å². The van der Waals surface area contributed by atoms with Crippen LogP contribution in [0.1, 0.15) is 64.1 Å². The minimum absolute atomic E-state index is 0.00104. The van der Waals surface area contributed by atoms with Crippen molar-refractivity contribution in [2.45, 2.75) is 51.1 Å². The van der Waals surface area contributed by atoms with E-state index in [-0.39, 0.29) is 61.1 Å². The van der Waals surface area contributed by atoms with Gasteiger partial charge in [0.15, 0.2) is 17.5 Å². The Morgan fingerprint density at radius 3 is 2.27 bits per heavy atom. The Labute approximate surface area is 343 Å². The number of anilines is 2. The molecule has 0 aliphatic carbocycles. The zero-order valence-electron chi connectivity index (χ0n) is 31.6. The molecule has 3 N–H and O–H groups in total. The van der Waals surface area contributed by atoms with Crippen LogP contribution in [0.4, 0.5) is 28.9 Å². The van der Waals surface area contributed by atoms with E-state index < -0.39 is 88.3 Å². The molecule has 1 unspecified atom stereocenters. The standard InChI is InChI=1S/C39H33F4N7O9S/c1-38(2)36(57)49(24-11-8-21(16-44)31(32(24)40)39(41,42)43)37(60)50(38)22-9-6-20(7-10-22)17-58-18-28(52)45-14-15-46-29(53)19-59-26-5-3-4-23-30(26)35(56)48(34(23)55)25-12-13-27(51)47-33(25)54/h3-11,25H,12-15,17-19H2,1-2H3,(H,45,52)(H,46,53)(H,47,51,54). The molecule has 0 spiro atoms. The lowest BCUT2D eigenvalue weighted by molar-refractivity contribution is -0.140. The molecule has 0 bridgehead atoms. The molecule has 16 nitrogen and oxygen atoms in total. The lowest BCUT2D eigenvalue weighted by Gasteiger charge is -2.29. The summed E-state index contributed by atoms with van der Waals surface area (Å²) in [4.78, 5) is 91.1. The van der Waals surface area contributed by atoms with Crippen molar-refractivity contribution in [1.29, 1.82) is 5.26 Å². The van der Waals surface area contributed by atoms with E-state index in [2.05, 4.69) is 16.0 Å². The van der Waals surface area contributed by atoms with Crippen LogP contribution < -0.4 is 30.5 Å². The quantitative estimate of drug-likeness (QED) is 0.0983. The fraction of sp³-hybridized carbons (Fsp3) is 0.308. The lowest BCUT2D eigenvalue weighted by Crippen LogP contribution is -2.54. The molecular weight excluding hydrogens is 819 g/mol. The number of rotatable bonds is 13. The average Bonchev–Trinajstić information content (AvgIpc) is 3.54. The molecule has 0 aromatic heterocycles. The van der Waals surface area contributed by atoms with Gasteiger partial charge in [-0.25, -0.2) is 4.39 Å². The molecule has 2 fully saturated rings. The van der Waals surface area contributed by atoms with E-state index >= 15 is 4.39 Å². The second kappa shape index (κ2) is 16.8. The van der Waals surface area contributed by atoms with Crippen molar-refractivity contribution < 1.29 is 60.6 Å². The van der Waals surface area contributed by atoms with Gasteiger partial charge in [-0.1, -0.05) is 18.2 Å². The van der Waals surface area contributed by atoms with Gasteiger partial charge in [-0.2, -0.15) is 18.4 Å². The summed E-state index contributed by atoms with van der Waals surface area (Å²) in [6.07, 6.45) is -5.28. The number of amides is 7. The van der Waals surface area contributed by atoms with Gasteiger partial charge in [-0.3, -0.25) is 48.7 Å². The number of nitrogens with zero attached hydrogens (tertiary/aromatic N) is 4. The summed E-state index contributed by atoms with van der Waals surface area (Å²) in [7, 11) is 0. The number of piperidine rings is 1. The number of ether oxygens (including phenoxy) is 2. The number of hydrogen-bond donors (Lipinski definition) is 3. The summed E-state index contributed by atoms with van der Waals surface area (Å²) in [6, 6.07) is 12.4. The van der Waals surface area contributed by atoms with Crippen LogP contribution in [0.3, 0.4) is 0 Å². The summed E-state index contributed by atoms with van der Waals surface area (Å²) in [6.45, 7) is 2.02. The van der Waals surface area contributed by atoms with Crippen molar-refractivity contribution in [3.63, 3.8) is 0 Å². The van der Waals surface area contributed by atoms with Crippen molar-refractivity contribution in [1.82, 2.24) is 20.9 Å². The van der Waals surface area contributed by atoms with Crippen LogP contribution in [0.25, 0.3) is 0 Å². The fourth-order valence-electron chi connectivity index (χ4n) is 6.81. The van der Waals surface area contributed by atoms with Crippen LogP contribution in [-0.4, -0.2) is 89.2 Å². The Hall–Kier alpha value is -6.79. The highest BCUT2D eigenvalue weighted by molar-refractivity contribution is 7.81. The van der Waals surface area contributed by atoms with Crippen LogP contribution in [0, 0.1) is 17.1 Å². The third-order valence-electron chi connectivity index (χ3n) is 9.69. The van der Waals surface area contributed by atoms with E-state index in [1.165, 1.54) is 43.0 Å². The summed E-state index contributed by atoms with van der Waals surface area (Å²) in [5.74, 6) is -6.57. The zero-order chi connectivity index (χ0) is 43.7. The number of imide groups is 2. The van der Waals surface area contributed by atoms with Gasteiger partial charge in [0.25, 0.3) is 23.6 Å². The minimum atomic E-state index is -5.21. The monoisotopic (exact) mass is 851 g/mol. The topological polar surface area (TPSA) is 208 Å². The predicted molar refractivity (Wildman–Crippen MR) is 203 cm³/mol. The first-order chi connectivity index (χ1) is 28.4. The molecule has 3 aromatic rings. The number of alkyl halides is 3. The maximum absolute atomic E-state index is 15.3. The molecule has 7 amide bonds. The molecular formula is C39H33F4N7O9S. The molecule has 0 radical (unpaired) electrons. The third-order valence-corrected chi connectivity index (χ3v) is 10.1. The van der Waals surface area contributed by atoms with Gasteiger partial charge < -0.3 is 25.0 Å². The number of carbonyl (C=O) groups is 7. The van der Waals surface area contributed by atoms with Crippen LogP contribution in [0.15, 0.2) is 54.6 Å². The first-order valence-corrected chi connectivity index (χ1v) is 18.4. The predicted octanol–water partition coefficient (Wildman–Crippen LogP) is 2.86. The highest BCUT2D eigenvalue weighted by atomic mass is 32.1. The summed E-state index contributed by atoms with van der Waals surface area (Å²) < 4.78 is 67.3. The van der Waals surface area contributed by atoms with Crippen molar-refractivity contribution in [3.05, 3.63) is 88.2 Å². The highest BCUT2D eigenvalue weighted by Gasteiger charge is 2.52. The first kappa shape index (κ1) is 42.8. The van der Waals surface area contributed by atoms with E-state index in [0.29, 0.717) is 16.2 Å². The number of carbonyl (C=O) groups excluding carboxylic acids is 7. The Morgan fingerprint density at radius 2 is 1.63 bits per heavy atom. The van der Waals surface area contributed by atoms with E-state index in [9.17, 15) is 46.7 Å². The number of thiocarbonyl (C=S) groups is 1. The number of nitrogens with one attached hydrogen (secondary N) is 3. The van der Waals surface area contributed by atoms with Gasteiger partial charge in [-0.05, 0) is 74.4 Å². The molecule has 0 saturated carbocycles. The lowest BCUT2D eigenvalue weighted by atomic mass is 10.0. The summed E-state index contributed by atoms with van der Waals surface area (Å²) in [5, 5.41) is 16.0. The number of fused-ring (bicyclic) bond motifs is 1. The van der Waals surface area contributed by atoms with Crippen molar-refractivity contribution in [2.24, 2.45) is 0 Å². The first-order valence-electron chi connectivity index (χ1n) is 18.0. The van der Waals surface area contributed by atoms with Crippen LogP contribution >= 0.6 is 12.2 Å². The number of halogens is 4. The second-order valence-corrected chi connectivity index (χ2v) is 14.4. The van der Waals surface area contributed by atoms with Crippen molar-refractivity contribution in [2.75, 3.05) is 36.1 Å². The van der Waals surface area contributed by atoms with E-state index in [1.54, 1.807) is 24.3 Å². The molecule has 3 heterocycles. The maximum Gasteiger partial charge on any atom is 0.420 e. The highest BCUT2D eigenvalue weighted by Crippen LogP contribution is 2.42. The van der Waals surface area contributed by atoms with E-state index in [1.807, 2.05) is 0 Å². The molecule has 312 valence electrons. The normalized spacial score (nSPS) is 17.4. The van der Waals surface area contributed by atoms with Gasteiger partial charge >= 0.3 is 6.18 Å². The van der Waals surface area contributed by atoms with Gasteiger partial charge in [0.05, 0.1) is 35.1 Å². The van der Waals surface area contributed by atoms with E-state index in [0.717, 1.165) is 17.0 Å². The number of nitriles is 1. The smallest absolute Gasteiger partial charge is 0.420 e. The Balaban J connectivity index is 0.946. The number of benzene rings is 3. The van der Waals surface area contributed by atoms with Gasteiger partial charge in [0, 0.05) is 25.2 Å². The Kier molecular flexibility index (Phi) is 12.0. The summed E-state index contributed by atoms with van der Waals surface area (Å²) in [5.41, 5.74) is -4.13.